The number of carbonyl (C=O) groups is 1. The first-order valence-corrected chi connectivity index (χ1v) is 8.00. The molecule has 2 heterocycles. The number of rotatable bonds is 2. The van der Waals surface area contributed by atoms with Crippen molar-refractivity contribution in [1.82, 2.24) is 15.1 Å². The summed E-state index contributed by atoms with van der Waals surface area (Å²) in [7, 11) is 0. The molecule has 2 aromatic rings. The maximum atomic E-state index is 13.7. The van der Waals surface area contributed by atoms with E-state index in [0.29, 0.717) is 19.6 Å². The Balaban J connectivity index is 1.76. The average molecular weight is 350 g/mol. The van der Waals surface area contributed by atoms with Crippen LogP contribution in [0, 0.1) is 5.82 Å². The Labute approximate surface area is 144 Å². The fourth-order valence-electron chi connectivity index (χ4n) is 2.74. The normalized spacial score (nSPS) is 15.2. The zero-order valence-corrected chi connectivity index (χ0v) is 13.7. The second kappa shape index (κ2) is 7.00. The van der Waals surface area contributed by atoms with Gasteiger partial charge in [0.2, 0.25) is 0 Å². The van der Waals surface area contributed by atoms with Crippen LogP contribution in [0.25, 0.3) is 0 Å². The van der Waals surface area contributed by atoms with Crippen LogP contribution >= 0.6 is 11.6 Å². The molecule has 0 spiro atoms. The van der Waals surface area contributed by atoms with Crippen LogP contribution in [-0.4, -0.2) is 47.2 Å². The summed E-state index contributed by atoms with van der Waals surface area (Å²) in [5.41, 5.74) is 5.64. The third-order valence-electron chi connectivity index (χ3n) is 3.99. The quantitative estimate of drug-likeness (QED) is 0.841. The van der Waals surface area contributed by atoms with E-state index in [1.807, 2.05) is 12.1 Å². The summed E-state index contributed by atoms with van der Waals surface area (Å²) in [6, 6.07) is 6.22. The summed E-state index contributed by atoms with van der Waals surface area (Å²) >= 11 is 5.85. The highest BCUT2D eigenvalue weighted by Gasteiger charge is 2.24. The zero-order chi connectivity index (χ0) is 17.1. The van der Waals surface area contributed by atoms with Gasteiger partial charge in [-0.05, 0) is 30.7 Å². The van der Waals surface area contributed by atoms with Gasteiger partial charge in [-0.1, -0.05) is 11.6 Å². The smallest absolute Gasteiger partial charge is 0.256 e. The molecule has 0 aliphatic carbocycles. The third kappa shape index (κ3) is 3.41. The van der Waals surface area contributed by atoms with Gasteiger partial charge in [-0.2, -0.15) is 5.10 Å². The summed E-state index contributed by atoms with van der Waals surface area (Å²) < 4.78 is 13.7. The third-order valence-corrected chi connectivity index (χ3v) is 4.21. The molecule has 1 aromatic heterocycles. The van der Waals surface area contributed by atoms with Crippen LogP contribution in [0.4, 0.5) is 15.9 Å². The number of carbonyl (C=O) groups excluding carboxylic acids is 1. The Morgan fingerprint density at radius 2 is 2.08 bits per heavy atom. The topological polar surface area (TPSA) is 75.4 Å². The molecule has 0 saturated carbocycles. The molecule has 1 amide bonds. The molecule has 3 rings (SSSR count). The number of nitrogen functional groups attached to an aromatic ring is 1. The van der Waals surface area contributed by atoms with E-state index >= 15 is 0 Å². The lowest BCUT2D eigenvalue weighted by atomic mass is 10.1. The number of nitrogens with zero attached hydrogens (tertiary/aromatic N) is 4. The lowest BCUT2D eigenvalue weighted by molar-refractivity contribution is 0.0767. The summed E-state index contributed by atoms with van der Waals surface area (Å²) in [5, 5.41) is 8.13. The van der Waals surface area contributed by atoms with Gasteiger partial charge in [0.05, 0.1) is 11.3 Å². The molecule has 126 valence electrons. The Morgan fingerprint density at radius 1 is 1.25 bits per heavy atom. The molecular weight excluding hydrogens is 333 g/mol. The van der Waals surface area contributed by atoms with Gasteiger partial charge in [-0.25, -0.2) is 4.39 Å². The van der Waals surface area contributed by atoms with Crippen molar-refractivity contribution in [2.45, 2.75) is 6.42 Å². The summed E-state index contributed by atoms with van der Waals surface area (Å²) in [6.45, 7) is 2.43. The molecule has 2 N–H and O–H groups in total. The molecule has 0 unspecified atom stereocenters. The van der Waals surface area contributed by atoms with Crippen LogP contribution < -0.4 is 10.6 Å². The summed E-state index contributed by atoms with van der Waals surface area (Å²) in [6.07, 6.45) is 2.39. The van der Waals surface area contributed by atoms with Crippen molar-refractivity contribution in [1.29, 1.82) is 0 Å². The van der Waals surface area contributed by atoms with E-state index in [-0.39, 0.29) is 22.2 Å². The lowest BCUT2D eigenvalue weighted by Crippen LogP contribution is -2.35. The van der Waals surface area contributed by atoms with E-state index in [1.54, 1.807) is 11.1 Å². The first-order valence-electron chi connectivity index (χ1n) is 7.62. The van der Waals surface area contributed by atoms with E-state index in [0.717, 1.165) is 24.8 Å². The number of nitrogens with two attached hydrogens (primary N) is 1. The fourth-order valence-corrected chi connectivity index (χ4v) is 2.95. The van der Waals surface area contributed by atoms with Crippen LogP contribution in [0.5, 0.6) is 0 Å². The van der Waals surface area contributed by atoms with Crippen molar-refractivity contribution in [3.63, 3.8) is 0 Å². The van der Waals surface area contributed by atoms with Gasteiger partial charge >= 0.3 is 0 Å². The van der Waals surface area contributed by atoms with Crippen LogP contribution in [0.3, 0.4) is 0 Å². The van der Waals surface area contributed by atoms with Gasteiger partial charge in [0.1, 0.15) is 5.82 Å². The predicted octanol–water partition coefficient (Wildman–Crippen LogP) is 2.20. The van der Waals surface area contributed by atoms with Crippen LogP contribution in [0.15, 0.2) is 30.5 Å². The average Bonchev–Trinajstić information content (AvgIpc) is 2.84. The van der Waals surface area contributed by atoms with Gasteiger partial charge in [-0.15, -0.1) is 5.10 Å². The minimum absolute atomic E-state index is 0.105. The van der Waals surface area contributed by atoms with Crippen molar-refractivity contribution in [3.05, 3.63) is 46.9 Å². The van der Waals surface area contributed by atoms with Gasteiger partial charge in [0, 0.05) is 37.4 Å². The monoisotopic (exact) mass is 349 g/mol. The fraction of sp³-hybridized carbons (Fsp3) is 0.312. The van der Waals surface area contributed by atoms with Crippen LogP contribution in [-0.2, 0) is 0 Å². The molecule has 1 aliphatic rings. The molecule has 0 radical (unpaired) electrons. The molecule has 1 fully saturated rings. The maximum absolute atomic E-state index is 13.7. The molecule has 24 heavy (non-hydrogen) atoms. The van der Waals surface area contributed by atoms with Crippen molar-refractivity contribution < 1.29 is 9.18 Å². The predicted molar refractivity (Wildman–Crippen MR) is 90.6 cm³/mol. The second-order valence-corrected chi connectivity index (χ2v) is 6.00. The molecule has 1 saturated heterocycles. The number of hydrogen-bond donors (Lipinski definition) is 1. The highest BCUT2D eigenvalue weighted by atomic mass is 35.5. The van der Waals surface area contributed by atoms with Gasteiger partial charge in [0.25, 0.3) is 5.91 Å². The number of benzene rings is 1. The van der Waals surface area contributed by atoms with Crippen molar-refractivity contribution in [3.8, 4) is 0 Å². The van der Waals surface area contributed by atoms with Crippen LogP contribution in [0.1, 0.15) is 16.8 Å². The Morgan fingerprint density at radius 3 is 2.83 bits per heavy atom. The molecular formula is C16H17ClFN5O. The zero-order valence-electron chi connectivity index (χ0n) is 13.0. The Hall–Kier alpha value is -2.41. The number of amides is 1. The van der Waals surface area contributed by atoms with Crippen molar-refractivity contribution >= 4 is 29.0 Å². The SMILES string of the molecule is Nc1c(F)cc(Cl)cc1C(=O)N1CCCN(c2cccnn2)CC1. The Bertz CT molecular complexity index is 743. The molecule has 1 aromatic carbocycles. The number of halogens is 2. The van der Waals surface area contributed by atoms with E-state index in [2.05, 4.69) is 15.1 Å². The largest absolute Gasteiger partial charge is 0.396 e. The molecule has 1 aliphatic heterocycles. The Kier molecular flexibility index (Phi) is 4.80. The van der Waals surface area contributed by atoms with E-state index in [9.17, 15) is 9.18 Å². The first-order chi connectivity index (χ1) is 11.6. The van der Waals surface area contributed by atoms with Crippen molar-refractivity contribution in [2.75, 3.05) is 36.8 Å². The van der Waals surface area contributed by atoms with Gasteiger partial charge < -0.3 is 15.5 Å². The highest BCUT2D eigenvalue weighted by molar-refractivity contribution is 6.31. The first kappa shape index (κ1) is 16.4. The summed E-state index contributed by atoms with van der Waals surface area (Å²) in [5.74, 6) is -0.211. The highest BCUT2D eigenvalue weighted by Crippen LogP contribution is 2.24. The maximum Gasteiger partial charge on any atom is 0.256 e. The van der Waals surface area contributed by atoms with Gasteiger partial charge in [-0.3, -0.25) is 4.79 Å². The minimum Gasteiger partial charge on any atom is -0.396 e. The van der Waals surface area contributed by atoms with E-state index in [1.165, 1.54) is 6.07 Å². The second-order valence-electron chi connectivity index (χ2n) is 5.56. The number of anilines is 2. The molecule has 0 bridgehead atoms. The number of hydrogen-bond acceptors (Lipinski definition) is 5. The molecule has 6 nitrogen and oxygen atoms in total. The van der Waals surface area contributed by atoms with Crippen LogP contribution in [0.2, 0.25) is 5.02 Å². The van der Waals surface area contributed by atoms with E-state index in [4.69, 9.17) is 17.3 Å². The molecule has 0 atom stereocenters. The minimum atomic E-state index is -0.679. The van der Waals surface area contributed by atoms with E-state index < -0.39 is 5.82 Å². The lowest BCUT2D eigenvalue weighted by Gasteiger charge is -2.23. The van der Waals surface area contributed by atoms with Crippen molar-refractivity contribution in [2.24, 2.45) is 0 Å². The van der Waals surface area contributed by atoms with Gasteiger partial charge in [0.15, 0.2) is 5.82 Å². The summed E-state index contributed by atoms with van der Waals surface area (Å²) in [4.78, 5) is 16.4. The molecule has 8 heteroatoms. The number of aromatic nitrogens is 2. The standard InChI is InChI=1S/C16H17ClFN5O/c17-11-9-12(15(19)13(18)10-11)16(24)23-6-2-5-22(7-8-23)14-3-1-4-20-21-14/h1,3-4,9-10H,2,5-8,19H2.